The van der Waals surface area contributed by atoms with Crippen molar-refractivity contribution < 1.29 is 4.57 Å². The average Bonchev–Trinajstić information content (AvgIpc) is 2.18. The molecule has 76 valence electrons. The van der Waals surface area contributed by atoms with Crippen LogP contribution in [-0.2, 0) is 4.57 Å². The SMILES string of the molecule is CCC(C)(C)[P+](=O)C1CCCCC1. The molecule has 0 heterocycles. The highest BCUT2D eigenvalue weighted by atomic mass is 31.1. The average molecular weight is 201 g/mol. The van der Waals surface area contributed by atoms with Crippen molar-refractivity contribution in [2.45, 2.75) is 70.1 Å². The minimum absolute atomic E-state index is 0.0668. The van der Waals surface area contributed by atoms with Gasteiger partial charge in [0.05, 0.1) is 0 Å². The maximum absolute atomic E-state index is 12.2. The lowest BCUT2D eigenvalue weighted by atomic mass is 10.0. The van der Waals surface area contributed by atoms with Crippen LogP contribution in [0.25, 0.3) is 0 Å². The Morgan fingerprint density at radius 2 is 1.77 bits per heavy atom. The molecule has 0 bridgehead atoms. The molecule has 0 aromatic carbocycles. The van der Waals surface area contributed by atoms with E-state index in [4.69, 9.17) is 0 Å². The van der Waals surface area contributed by atoms with Crippen LogP contribution in [0.5, 0.6) is 0 Å². The van der Waals surface area contributed by atoms with E-state index in [1.807, 2.05) is 0 Å². The zero-order valence-corrected chi connectivity index (χ0v) is 10.1. The molecule has 0 aromatic rings. The van der Waals surface area contributed by atoms with Crippen LogP contribution < -0.4 is 0 Å². The van der Waals surface area contributed by atoms with Crippen LogP contribution in [0, 0.1) is 0 Å². The van der Waals surface area contributed by atoms with Gasteiger partial charge in [-0.2, -0.15) is 0 Å². The van der Waals surface area contributed by atoms with E-state index < -0.39 is 7.80 Å². The van der Waals surface area contributed by atoms with E-state index in [2.05, 4.69) is 20.8 Å². The summed E-state index contributed by atoms with van der Waals surface area (Å²) in [5.74, 6) is 0. The Bertz CT molecular complexity index is 181. The Kier molecular flexibility index (Phi) is 3.91. The molecular weight excluding hydrogens is 179 g/mol. The van der Waals surface area contributed by atoms with Gasteiger partial charge in [-0.25, -0.2) is 0 Å². The number of hydrogen-bond acceptors (Lipinski definition) is 1. The van der Waals surface area contributed by atoms with Crippen LogP contribution in [0.4, 0.5) is 0 Å². The highest BCUT2D eigenvalue weighted by Gasteiger charge is 2.44. The second-order valence-corrected chi connectivity index (χ2v) is 7.38. The van der Waals surface area contributed by atoms with Crippen LogP contribution in [-0.4, -0.2) is 10.8 Å². The van der Waals surface area contributed by atoms with Gasteiger partial charge >= 0.3 is 7.80 Å². The van der Waals surface area contributed by atoms with Crippen LogP contribution >= 0.6 is 7.80 Å². The molecule has 0 radical (unpaired) electrons. The molecule has 1 aliphatic rings. The van der Waals surface area contributed by atoms with E-state index in [-0.39, 0.29) is 5.16 Å². The van der Waals surface area contributed by atoms with Crippen molar-refractivity contribution in [2.24, 2.45) is 0 Å². The lowest BCUT2D eigenvalue weighted by Gasteiger charge is -2.19. The van der Waals surface area contributed by atoms with Gasteiger partial charge < -0.3 is 0 Å². The van der Waals surface area contributed by atoms with E-state index >= 15 is 0 Å². The minimum Gasteiger partial charge on any atom is -0.0739 e. The number of hydrogen-bond donors (Lipinski definition) is 0. The summed E-state index contributed by atoms with van der Waals surface area (Å²) in [4.78, 5) is 0. The van der Waals surface area contributed by atoms with Gasteiger partial charge in [-0.05, 0) is 46.0 Å². The number of rotatable bonds is 3. The fourth-order valence-electron chi connectivity index (χ4n) is 1.97. The molecule has 1 aliphatic carbocycles. The largest absolute Gasteiger partial charge is 0.347 e. The Morgan fingerprint density at radius 3 is 2.23 bits per heavy atom. The molecule has 1 atom stereocenters. The molecule has 0 spiro atoms. The molecule has 0 aliphatic heterocycles. The third kappa shape index (κ3) is 2.77. The van der Waals surface area contributed by atoms with Crippen molar-refractivity contribution in [1.29, 1.82) is 0 Å². The van der Waals surface area contributed by atoms with Gasteiger partial charge in [-0.1, -0.05) is 17.9 Å². The van der Waals surface area contributed by atoms with E-state index in [1.54, 1.807) is 0 Å². The lowest BCUT2D eigenvalue weighted by molar-refractivity contribution is 0.473. The molecule has 0 N–H and O–H groups in total. The Labute approximate surface area is 83.1 Å². The van der Waals surface area contributed by atoms with Crippen LogP contribution in [0.15, 0.2) is 0 Å². The molecule has 13 heavy (non-hydrogen) atoms. The maximum atomic E-state index is 12.2. The van der Waals surface area contributed by atoms with Gasteiger partial charge in [0.1, 0.15) is 0 Å². The van der Waals surface area contributed by atoms with Gasteiger partial charge in [0.25, 0.3) is 0 Å². The van der Waals surface area contributed by atoms with Crippen molar-refractivity contribution >= 4 is 7.80 Å². The highest BCUT2D eigenvalue weighted by molar-refractivity contribution is 7.47. The summed E-state index contributed by atoms with van der Waals surface area (Å²) in [6.45, 7) is 6.46. The quantitative estimate of drug-likeness (QED) is 0.621. The first-order chi connectivity index (χ1) is 6.08. The van der Waals surface area contributed by atoms with Crippen molar-refractivity contribution in [1.82, 2.24) is 0 Å². The van der Waals surface area contributed by atoms with Gasteiger partial charge in [0, 0.05) is 0 Å². The minimum atomic E-state index is -0.992. The van der Waals surface area contributed by atoms with Crippen molar-refractivity contribution in [3.05, 3.63) is 0 Å². The summed E-state index contributed by atoms with van der Waals surface area (Å²) >= 11 is 0. The molecule has 1 unspecified atom stereocenters. The van der Waals surface area contributed by atoms with Crippen LogP contribution in [0.2, 0.25) is 0 Å². The zero-order valence-electron chi connectivity index (χ0n) is 9.18. The molecule has 1 fully saturated rings. The lowest BCUT2D eigenvalue weighted by Crippen LogP contribution is -2.20. The van der Waals surface area contributed by atoms with E-state index in [0.717, 1.165) is 6.42 Å². The molecule has 1 saturated carbocycles. The monoisotopic (exact) mass is 201 g/mol. The molecule has 2 heteroatoms. The topological polar surface area (TPSA) is 17.1 Å². The fourth-order valence-corrected chi connectivity index (χ4v) is 4.10. The van der Waals surface area contributed by atoms with E-state index in [0.29, 0.717) is 5.66 Å². The predicted octanol–water partition coefficient (Wildman–Crippen LogP) is 4.34. The van der Waals surface area contributed by atoms with E-state index in [1.165, 1.54) is 32.1 Å². The first-order valence-electron chi connectivity index (χ1n) is 5.54. The molecule has 0 amide bonds. The summed E-state index contributed by atoms with van der Waals surface area (Å²) in [6, 6.07) is 0. The zero-order chi connectivity index (χ0) is 9.90. The third-order valence-corrected chi connectivity index (χ3v) is 6.06. The van der Waals surface area contributed by atoms with Crippen LogP contribution in [0.3, 0.4) is 0 Å². The first kappa shape index (κ1) is 11.2. The summed E-state index contributed by atoms with van der Waals surface area (Å²) in [5.41, 5.74) is 0.527. The van der Waals surface area contributed by atoms with Gasteiger partial charge in [0.2, 0.25) is 0 Å². The summed E-state index contributed by atoms with van der Waals surface area (Å²) < 4.78 is 12.2. The van der Waals surface area contributed by atoms with Gasteiger partial charge in [-0.15, -0.1) is 0 Å². The smallest absolute Gasteiger partial charge is 0.0739 e. The predicted molar refractivity (Wildman–Crippen MR) is 58.8 cm³/mol. The Morgan fingerprint density at radius 1 is 1.23 bits per heavy atom. The second kappa shape index (κ2) is 4.55. The molecular formula is C11H22OP+. The van der Waals surface area contributed by atoms with Crippen molar-refractivity contribution in [3.63, 3.8) is 0 Å². The van der Waals surface area contributed by atoms with Crippen LogP contribution in [0.1, 0.15) is 59.3 Å². The standard InChI is InChI=1S/C11H22OP/c1-4-11(2,3)13(12)10-8-6-5-7-9-10/h10H,4-9H2,1-3H3/q+1. The maximum Gasteiger partial charge on any atom is 0.347 e. The normalized spacial score (nSPS) is 21.6. The summed E-state index contributed by atoms with van der Waals surface area (Å²) in [7, 11) is -0.992. The summed E-state index contributed by atoms with van der Waals surface area (Å²) in [5, 5.41) is 0.0668. The third-order valence-electron chi connectivity index (χ3n) is 3.37. The van der Waals surface area contributed by atoms with E-state index in [9.17, 15) is 4.57 Å². The molecule has 1 rings (SSSR count). The fraction of sp³-hybridized carbons (Fsp3) is 1.00. The van der Waals surface area contributed by atoms with Crippen molar-refractivity contribution in [3.8, 4) is 0 Å². The second-order valence-electron chi connectivity index (χ2n) is 4.78. The highest BCUT2D eigenvalue weighted by Crippen LogP contribution is 2.49. The molecule has 1 nitrogen and oxygen atoms in total. The molecule has 0 aromatic heterocycles. The first-order valence-corrected chi connectivity index (χ1v) is 6.87. The Balaban J connectivity index is 2.55. The molecule has 0 saturated heterocycles. The van der Waals surface area contributed by atoms with Gasteiger partial charge in [-0.3, -0.25) is 0 Å². The summed E-state index contributed by atoms with van der Waals surface area (Å²) in [6.07, 6.45) is 7.40. The van der Waals surface area contributed by atoms with Crippen molar-refractivity contribution in [2.75, 3.05) is 0 Å². The Hall–Kier alpha value is 0.100. The van der Waals surface area contributed by atoms with Gasteiger partial charge in [0.15, 0.2) is 10.8 Å².